The molecule has 3 heteroatoms. The number of benzene rings is 1. The number of halogens is 2. The molecule has 0 aromatic heterocycles. The topological polar surface area (TPSA) is 9.23 Å². The predicted molar refractivity (Wildman–Crippen MR) is 77.1 cm³/mol. The Morgan fingerprint density at radius 2 is 2.06 bits per heavy atom. The standard InChI is InChI=1S/C15H22BrFO/c1-3-4-5-6-7-12(2)18-11-13-8-9-15(17)14(16)10-13/h8-10,12H,3-7,11H2,1-2H3. The van der Waals surface area contributed by atoms with Crippen molar-refractivity contribution < 1.29 is 9.13 Å². The van der Waals surface area contributed by atoms with Crippen LogP contribution < -0.4 is 0 Å². The highest BCUT2D eigenvalue weighted by atomic mass is 79.9. The van der Waals surface area contributed by atoms with E-state index in [1.54, 1.807) is 12.1 Å². The fourth-order valence-electron chi connectivity index (χ4n) is 1.81. The molecule has 1 unspecified atom stereocenters. The van der Waals surface area contributed by atoms with E-state index in [0.29, 0.717) is 11.1 Å². The minimum atomic E-state index is -0.230. The van der Waals surface area contributed by atoms with Crippen LogP contribution >= 0.6 is 15.9 Å². The Labute approximate surface area is 118 Å². The van der Waals surface area contributed by atoms with Gasteiger partial charge in [0.05, 0.1) is 17.2 Å². The summed E-state index contributed by atoms with van der Waals surface area (Å²) in [6.07, 6.45) is 6.44. The van der Waals surface area contributed by atoms with Crippen molar-refractivity contribution in [2.75, 3.05) is 0 Å². The van der Waals surface area contributed by atoms with Gasteiger partial charge < -0.3 is 4.74 Å². The molecule has 0 heterocycles. The highest BCUT2D eigenvalue weighted by Crippen LogP contribution is 2.18. The highest BCUT2D eigenvalue weighted by Gasteiger charge is 2.04. The molecule has 0 saturated carbocycles. The van der Waals surface area contributed by atoms with Crippen LogP contribution in [0.15, 0.2) is 22.7 Å². The number of unbranched alkanes of at least 4 members (excludes halogenated alkanes) is 3. The van der Waals surface area contributed by atoms with Gasteiger partial charge in [-0.1, -0.05) is 38.7 Å². The van der Waals surface area contributed by atoms with E-state index in [1.165, 1.54) is 31.7 Å². The first-order chi connectivity index (χ1) is 8.63. The number of ether oxygens (including phenoxy) is 1. The summed E-state index contributed by atoms with van der Waals surface area (Å²) in [6, 6.07) is 5.01. The largest absolute Gasteiger partial charge is 0.374 e. The van der Waals surface area contributed by atoms with Crippen molar-refractivity contribution >= 4 is 15.9 Å². The van der Waals surface area contributed by atoms with Crippen molar-refractivity contribution in [3.8, 4) is 0 Å². The SMILES string of the molecule is CCCCCCC(C)OCc1ccc(F)c(Br)c1. The van der Waals surface area contributed by atoms with Crippen molar-refractivity contribution in [1.29, 1.82) is 0 Å². The number of rotatable bonds is 8. The molecule has 0 amide bonds. The van der Waals surface area contributed by atoms with E-state index in [-0.39, 0.29) is 11.9 Å². The molecule has 0 spiro atoms. The third-order valence-corrected chi connectivity index (χ3v) is 3.59. The maximum absolute atomic E-state index is 13.0. The van der Waals surface area contributed by atoms with Gasteiger partial charge >= 0.3 is 0 Å². The molecule has 0 radical (unpaired) electrons. The van der Waals surface area contributed by atoms with Crippen molar-refractivity contribution in [1.82, 2.24) is 0 Å². The zero-order chi connectivity index (χ0) is 13.4. The van der Waals surface area contributed by atoms with Gasteiger partial charge in [0.1, 0.15) is 5.82 Å². The molecule has 0 aliphatic carbocycles. The average Bonchev–Trinajstić information content (AvgIpc) is 2.36. The Balaban J connectivity index is 2.24. The third-order valence-electron chi connectivity index (χ3n) is 2.98. The first-order valence-electron chi connectivity index (χ1n) is 6.69. The van der Waals surface area contributed by atoms with Gasteiger partial charge in [0.25, 0.3) is 0 Å². The fourth-order valence-corrected chi connectivity index (χ4v) is 2.24. The summed E-state index contributed by atoms with van der Waals surface area (Å²) in [5.41, 5.74) is 1.00. The molecule has 0 fully saturated rings. The Morgan fingerprint density at radius 3 is 2.72 bits per heavy atom. The molecule has 1 rings (SSSR count). The molecule has 18 heavy (non-hydrogen) atoms. The van der Waals surface area contributed by atoms with E-state index in [0.717, 1.165) is 12.0 Å². The van der Waals surface area contributed by atoms with Gasteiger partial charge in [0.15, 0.2) is 0 Å². The maximum Gasteiger partial charge on any atom is 0.137 e. The number of hydrogen-bond donors (Lipinski definition) is 0. The Kier molecular flexibility index (Phi) is 7.52. The summed E-state index contributed by atoms with van der Waals surface area (Å²) in [4.78, 5) is 0. The second kappa shape index (κ2) is 8.65. The average molecular weight is 317 g/mol. The Hall–Kier alpha value is -0.410. The summed E-state index contributed by atoms with van der Waals surface area (Å²) in [5, 5.41) is 0. The summed E-state index contributed by atoms with van der Waals surface area (Å²) in [5.74, 6) is -0.230. The molecule has 0 bridgehead atoms. The molecule has 102 valence electrons. The minimum absolute atomic E-state index is 0.230. The highest BCUT2D eigenvalue weighted by molar-refractivity contribution is 9.10. The van der Waals surface area contributed by atoms with Gasteiger partial charge in [-0.05, 0) is 47.0 Å². The van der Waals surface area contributed by atoms with Crippen LogP contribution in [0.4, 0.5) is 4.39 Å². The van der Waals surface area contributed by atoms with E-state index in [2.05, 4.69) is 29.8 Å². The van der Waals surface area contributed by atoms with Crippen molar-refractivity contribution in [2.24, 2.45) is 0 Å². The van der Waals surface area contributed by atoms with Gasteiger partial charge in [0.2, 0.25) is 0 Å². The van der Waals surface area contributed by atoms with Crippen LogP contribution in [0, 0.1) is 5.82 Å². The molecular weight excluding hydrogens is 295 g/mol. The molecule has 0 saturated heterocycles. The Bertz CT molecular complexity index is 354. The Morgan fingerprint density at radius 1 is 1.28 bits per heavy atom. The van der Waals surface area contributed by atoms with Crippen LogP contribution in [-0.2, 0) is 11.3 Å². The molecule has 1 aromatic rings. The fraction of sp³-hybridized carbons (Fsp3) is 0.600. The van der Waals surface area contributed by atoms with Crippen LogP contribution in [0.1, 0.15) is 51.5 Å². The van der Waals surface area contributed by atoms with Gasteiger partial charge in [-0.25, -0.2) is 4.39 Å². The van der Waals surface area contributed by atoms with E-state index in [4.69, 9.17) is 4.74 Å². The predicted octanol–water partition coefficient (Wildman–Crippen LogP) is 5.46. The van der Waals surface area contributed by atoms with Gasteiger partial charge in [0, 0.05) is 0 Å². The summed E-state index contributed by atoms with van der Waals surface area (Å²) < 4.78 is 19.3. The lowest BCUT2D eigenvalue weighted by Gasteiger charge is -2.13. The molecule has 1 aromatic carbocycles. The maximum atomic E-state index is 13.0. The normalized spacial score (nSPS) is 12.7. The van der Waals surface area contributed by atoms with Crippen molar-refractivity contribution in [3.05, 3.63) is 34.1 Å². The lowest BCUT2D eigenvalue weighted by Crippen LogP contribution is -2.08. The zero-order valence-corrected chi connectivity index (χ0v) is 12.8. The quantitative estimate of drug-likeness (QED) is 0.578. The van der Waals surface area contributed by atoms with Crippen LogP contribution in [0.25, 0.3) is 0 Å². The van der Waals surface area contributed by atoms with Crippen molar-refractivity contribution in [2.45, 2.75) is 58.7 Å². The van der Waals surface area contributed by atoms with Crippen LogP contribution in [-0.4, -0.2) is 6.10 Å². The van der Waals surface area contributed by atoms with Crippen molar-refractivity contribution in [3.63, 3.8) is 0 Å². The summed E-state index contributed by atoms with van der Waals surface area (Å²) in [6.45, 7) is 4.87. The molecule has 1 atom stereocenters. The van der Waals surface area contributed by atoms with Gasteiger partial charge in [-0.3, -0.25) is 0 Å². The zero-order valence-electron chi connectivity index (χ0n) is 11.2. The lowest BCUT2D eigenvalue weighted by molar-refractivity contribution is 0.0458. The lowest BCUT2D eigenvalue weighted by atomic mass is 10.1. The van der Waals surface area contributed by atoms with Crippen LogP contribution in [0.2, 0.25) is 0 Å². The number of hydrogen-bond acceptors (Lipinski definition) is 1. The second-order valence-electron chi connectivity index (χ2n) is 4.72. The van der Waals surface area contributed by atoms with E-state index in [9.17, 15) is 4.39 Å². The monoisotopic (exact) mass is 316 g/mol. The molecule has 0 aliphatic rings. The van der Waals surface area contributed by atoms with Gasteiger partial charge in [-0.15, -0.1) is 0 Å². The van der Waals surface area contributed by atoms with Gasteiger partial charge in [-0.2, -0.15) is 0 Å². The summed E-state index contributed by atoms with van der Waals surface area (Å²) >= 11 is 3.18. The summed E-state index contributed by atoms with van der Waals surface area (Å²) in [7, 11) is 0. The smallest absolute Gasteiger partial charge is 0.137 e. The molecular formula is C15H22BrFO. The third kappa shape index (κ3) is 5.96. The van der Waals surface area contributed by atoms with Crippen LogP contribution in [0.3, 0.4) is 0 Å². The van der Waals surface area contributed by atoms with Crippen LogP contribution in [0.5, 0.6) is 0 Å². The molecule has 1 nitrogen and oxygen atoms in total. The molecule has 0 N–H and O–H groups in total. The first-order valence-corrected chi connectivity index (χ1v) is 7.48. The molecule has 0 aliphatic heterocycles. The van der Waals surface area contributed by atoms with E-state index < -0.39 is 0 Å². The second-order valence-corrected chi connectivity index (χ2v) is 5.57. The minimum Gasteiger partial charge on any atom is -0.374 e. The van der Waals surface area contributed by atoms with E-state index in [1.807, 2.05) is 0 Å². The van der Waals surface area contributed by atoms with E-state index >= 15 is 0 Å². The first kappa shape index (κ1) is 15.6.